The minimum Gasteiger partial charge on any atom is -0.493 e. The van der Waals surface area contributed by atoms with E-state index in [2.05, 4.69) is 21.4 Å². The molecular formula is C23H23F2N3O4S. The third-order valence-electron chi connectivity index (χ3n) is 4.43. The third kappa shape index (κ3) is 5.78. The number of rotatable bonds is 10. The number of hydrogen-bond acceptors (Lipinski definition) is 7. The molecular weight excluding hydrogens is 452 g/mol. The Morgan fingerprint density at radius 2 is 1.73 bits per heavy atom. The van der Waals surface area contributed by atoms with Crippen LogP contribution in [0.2, 0.25) is 0 Å². The molecule has 0 fully saturated rings. The van der Waals surface area contributed by atoms with Crippen molar-refractivity contribution in [2.24, 2.45) is 10.1 Å². The number of hydrogen-bond donors (Lipinski definition) is 0. The molecule has 10 heteroatoms. The van der Waals surface area contributed by atoms with Gasteiger partial charge < -0.3 is 18.9 Å². The van der Waals surface area contributed by atoms with Crippen molar-refractivity contribution in [3.8, 4) is 34.3 Å². The predicted octanol–water partition coefficient (Wildman–Crippen LogP) is 4.81. The van der Waals surface area contributed by atoms with Gasteiger partial charge in [0.2, 0.25) is 10.6 Å². The summed E-state index contributed by atoms with van der Waals surface area (Å²) in [6.07, 6.45) is 3.32. The molecule has 0 amide bonds. The van der Waals surface area contributed by atoms with E-state index in [4.69, 9.17) is 14.2 Å². The Hall–Kier alpha value is -3.66. The van der Waals surface area contributed by atoms with E-state index in [9.17, 15) is 8.78 Å². The highest BCUT2D eigenvalue weighted by Crippen LogP contribution is 2.37. The highest BCUT2D eigenvalue weighted by atomic mass is 32.1. The summed E-state index contributed by atoms with van der Waals surface area (Å²) in [6.45, 7) is 1.24. The second-order valence-electron chi connectivity index (χ2n) is 6.45. The van der Waals surface area contributed by atoms with Gasteiger partial charge in [-0.15, -0.1) is 17.9 Å². The Morgan fingerprint density at radius 1 is 1.06 bits per heavy atom. The number of benzene rings is 2. The summed E-state index contributed by atoms with van der Waals surface area (Å²) in [6, 6.07) is 9.87. The highest BCUT2D eigenvalue weighted by Gasteiger charge is 2.13. The summed E-state index contributed by atoms with van der Waals surface area (Å²) in [5.74, 6) is 1.56. The van der Waals surface area contributed by atoms with Crippen molar-refractivity contribution in [1.82, 2.24) is 4.68 Å². The lowest BCUT2D eigenvalue weighted by Crippen LogP contribution is -2.12. The molecule has 0 unspecified atom stereocenters. The van der Waals surface area contributed by atoms with Crippen LogP contribution in [0, 0.1) is 0 Å². The summed E-state index contributed by atoms with van der Waals surface area (Å²) in [7, 11) is 4.61. The number of aromatic nitrogens is 1. The Kier molecular flexibility index (Phi) is 8.20. The van der Waals surface area contributed by atoms with Crippen LogP contribution < -0.4 is 23.7 Å². The smallest absolute Gasteiger partial charge is 0.387 e. The second-order valence-corrected chi connectivity index (χ2v) is 7.29. The van der Waals surface area contributed by atoms with Gasteiger partial charge in [0.1, 0.15) is 5.75 Å². The standard InChI is InChI=1S/C23H23F2N3O4S/c1-5-10-26-23-28(18(14-33-23)16-6-8-17(9-7-16)32-22(24)25)27-13-15-11-19(29-2)21(31-4)20(12-15)30-3/h5-9,11-14,22H,1,10H2,2-4H3/b26-23?,27-13+. The van der Waals surface area contributed by atoms with Gasteiger partial charge in [0, 0.05) is 16.5 Å². The zero-order valence-corrected chi connectivity index (χ0v) is 19.1. The molecule has 0 aliphatic rings. The molecule has 0 spiro atoms. The SMILES string of the molecule is C=CCN=c1scc(-c2ccc(OC(F)F)cc2)n1/N=C/c1cc(OC)c(OC)c(OC)c1. The number of ether oxygens (including phenoxy) is 4. The quantitative estimate of drug-likeness (QED) is 0.312. The maximum atomic E-state index is 12.5. The molecule has 0 aliphatic carbocycles. The van der Waals surface area contributed by atoms with Gasteiger partial charge in [0.05, 0.1) is 39.8 Å². The van der Waals surface area contributed by atoms with E-state index in [0.29, 0.717) is 34.2 Å². The largest absolute Gasteiger partial charge is 0.493 e. The van der Waals surface area contributed by atoms with Gasteiger partial charge in [-0.2, -0.15) is 13.9 Å². The van der Waals surface area contributed by atoms with E-state index in [1.807, 2.05) is 5.38 Å². The average molecular weight is 476 g/mol. The van der Waals surface area contributed by atoms with E-state index in [-0.39, 0.29) is 5.75 Å². The fourth-order valence-corrected chi connectivity index (χ4v) is 3.82. The summed E-state index contributed by atoms with van der Waals surface area (Å²) < 4.78 is 47.2. The van der Waals surface area contributed by atoms with Crippen LogP contribution in [0.5, 0.6) is 23.0 Å². The van der Waals surface area contributed by atoms with E-state index in [1.54, 1.807) is 41.2 Å². The molecule has 7 nitrogen and oxygen atoms in total. The fourth-order valence-electron chi connectivity index (χ4n) is 2.97. The Bertz CT molecular complexity index is 1160. The number of nitrogens with zero attached hydrogens (tertiary/aromatic N) is 3. The first-order chi connectivity index (χ1) is 16.0. The van der Waals surface area contributed by atoms with Crippen molar-refractivity contribution in [3.63, 3.8) is 0 Å². The van der Waals surface area contributed by atoms with Crippen LogP contribution >= 0.6 is 11.3 Å². The molecule has 1 heterocycles. The Morgan fingerprint density at radius 3 is 2.27 bits per heavy atom. The molecule has 3 aromatic rings. The van der Waals surface area contributed by atoms with Crippen LogP contribution in [0.4, 0.5) is 8.78 Å². The van der Waals surface area contributed by atoms with Crippen molar-refractivity contribution in [2.75, 3.05) is 27.9 Å². The molecule has 174 valence electrons. The molecule has 33 heavy (non-hydrogen) atoms. The molecule has 0 saturated heterocycles. The van der Waals surface area contributed by atoms with Crippen LogP contribution in [0.1, 0.15) is 5.56 Å². The summed E-state index contributed by atoms with van der Waals surface area (Å²) in [5, 5.41) is 6.50. The van der Waals surface area contributed by atoms with E-state index in [1.165, 1.54) is 44.8 Å². The van der Waals surface area contributed by atoms with Gasteiger partial charge in [-0.25, -0.2) is 4.68 Å². The van der Waals surface area contributed by atoms with Gasteiger partial charge in [0.15, 0.2) is 11.5 Å². The maximum absolute atomic E-state index is 12.5. The third-order valence-corrected chi connectivity index (χ3v) is 5.28. The zero-order chi connectivity index (χ0) is 23.8. The Labute approximate surface area is 193 Å². The lowest BCUT2D eigenvalue weighted by Gasteiger charge is -2.12. The number of thiazole rings is 1. The summed E-state index contributed by atoms with van der Waals surface area (Å²) in [5.41, 5.74) is 2.20. The van der Waals surface area contributed by atoms with Crippen LogP contribution in [0.25, 0.3) is 11.3 Å². The molecule has 0 radical (unpaired) electrons. The minimum atomic E-state index is -2.88. The van der Waals surface area contributed by atoms with Gasteiger partial charge in [0.25, 0.3) is 0 Å². The van der Waals surface area contributed by atoms with Gasteiger partial charge in [-0.3, -0.25) is 4.99 Å². The van der Waals surface area contributed by atoms with Gasteiger partial charge in [-0.1, -0.05) is 6.08 Å². The first-order valence-electron chi connectivity index (χ1n) is 9.72. The normalized spacial score (nSPS) is 11.8. The first kappa shape index (κ1) is 24.0. The van der Waals surface area contributed by atoms with Crippen molar-refractivity contribution in [1.29, 1.82) is 0 Å². The van der Waals surface area contributed by atoms with Crippen LogP contribution in [0.3, 0.4) is 0 Å². The van der Waals surface area contributed by atoms with Gasteiger partial charge >= 0.3 is 6.61 Å². The highest BCUT2D eigenvalue weighted by molar-refractivity contribution is 7.07. The van der Waals surface area contributed by atoms with Crippen molar-refractivity contribution >= 4 is 17.6 Å². The molecule has 0 aliphatic heterocycles. The molecule has 0 atom stereocenters. The molecule has 0 saturated carbocycles. The van der Waals surface area contributed by atoms with E-state index in [0.717, 1.165) is 11.3 Å². The lowest BCUT2D eigenvalue weighted by molar-refractivity contribution is -0.0498. The number of methoxy groups -OCH3 is 3. The second kappa shape index (κ2) is 11.3. The molecule has 1 aromatic heterocycles. The van der Waals surface area contributed by atoms with Crippen molar-refractivity contribution in [3.05, 3.63) is 64.8 Å². The zero-order valence-electron chi connectivity index (χ0n) is 18.3. The number of alkyl halides is 2. The van der Waals surface area contributed by atoms with Gasteiger partial charge in [-0.05, 0) is 36.4 Å². The molecule has 3 rings (SSSR count). The van der Waals surface area contributed by atoms with Crippen LogP contribution in [0.15, 0.2) is 64.5 Å². The average Bonchev–Trinajstić information content (AvgIpc) is 3.23. The van der Waals surface area contributed by atoms with E-state index >= 15 is 0 Å². The fraction of sp³-hybridized carbons (Fsp3) is 0.217. The van der Waals surface area contributed by atoms with Crippen molar-refractivity contribution < 1.29 is 27.7 Å². The van der Waals surface area contributed by atoms with Crippen LogP contribution in [-0.2, 0) is 0 Å². The van der Waals surface area contributed by atoms with Crippen molar-refractivity contribution in [2.45, 2.75) is 6.61 Å². The maximum Gasteiger partial charge on any atom is 0.387 e. The molecule has 2 aromatic carbocycles. The summed E-state index contributed by atoms with van der Waals surface area (Å²) in [4.78, 5) is 5.13. The molecule has 0 N–H and O–H groups in total. The monoisotopic (exact) mass is 475 g/mol. The topological polar surface area (TPSA) is 66.6 Å². The Balaban J connectivity index is 2.04. The summed E-state index contributed by atoms with van der Waals surface area (Å²) >= 11 is 1.40. The molecule has 0 bridgehead atoms. The van der Waals surface area contributed by atoms with Crippen LogP contribution in [-0.4, -0.2) is 45.4 Å². The number of halogens is 2. The van der Waals surface area contributed by atoms with E-state index < -0.39 is 6.61 Å². The first-order valence-corrected chi connectivity index (χ1v) is 10.6. The minimum absolute atomic E-state index is 0.0769. The predicted molar refractivity (Wildman–Crippen MR) is 124 cm³/mol. The lowest BCUT2D eigenvalue weighted by atomic mass is 10.2.